The number of ether oxygens (including phenoxy) is 2. The number of likely N-dealkylation sites (N-methyl/N-ethyl adjacent to an activating group) is 1. The van der Waals surface area contributed by atoms with Crippen molar-refractivity contribution in [2.45, 2.75) is 44.3 Å². The van der Waals surface area contributed by atoms with Crippen molar-refractivity contribution in [2.75, 3.05) is 51.3 Å². The number of likely N-dealkylation sites (tertiary alicyclic amines) is 1. The number of anilines is 1. The first-order valence-electron chi connectivity index (χ1n) is 18.9. The summed E-state index contributed by atoms with van der Waals surface area (Å²) in [6.45, 7) is 0.0201. The molecule has 0 spiro atoms. The number of amides is 6. The average molecular weight is 831 g/mol. The Labute approximate surface area is 343 Å². The van der Waals surface area contributed by atoms with Crippen LogP contribution in [0.4, 0.5) is 5.69 Å². The number of carbonyl (C=O) groups excluding carboxylic acids is 7. The van der Waals surface area contributed by atoms with Gasteiger partial charge < -0.3 is 45.2 Å². The molecule has 17 nitrogen and oxygen atoms in total. The van der Waals surface area contributed by atoms with Crippen LogP contribution in [0.1, 0.15) is 57.3 Å². The molecular formula is C41H43ClN6O11. The van der Waals surface area contributed by atoms with E-state index in [4.69, 9.17) is 26.8 Å². The molecule has 3 aromatic rings. The smallest absolute Gasteiger partial charge is 0.327 e. The first-order chi connectivity index (χ1) is 28.1. The topological polar surface area (TPSA) is 226 Å². The van der Waals surface area contributed by atoms with Gasteiger partial charge in [-0.1, -0.05) is 17.7 Å². The van der Waals surface area contributed by atoms with Crippen LogP contribution >= 0.6 is 11.6 Å². The Balaban J connectivity index is 1.31. The molecule has 6 amide bonds. The van der Waals surface area contributed by atoms with E-state index in [1.165, 1.54) is 66.2 Å². The van der Waals surface area contributed by atoms with Crippen molar-refractivity contribution >= 4 is 64.7 Å². The molecule has 0 saturated carbocycles. The van der Waals surface area contributed by atoms with E-state index in [0.29, 0.717) is 22.8 Å². The molecule has 4 aliphatic heterocycles. The van der Waals surface area contributed by atoms with Crippen LogP contribution in [0.3, 0.4) is 0 Å². The lowest BCUT2D eigenvalue weighted by atomic mass is 9.79. The summed E-state index contributed by atoms with van der Waals surface area (Å²) in [6, 6.07) is 15.9. The Bertz CT molecular complexity index is 2160. The van der Waals surface area contributed by atoms with Crippen LogP contribution in [0.2, 0.25) is 5.02 Å². The largest absolute Gasteiger partial charge is 0.491 e. The van der Waals surface area contributed by atoms with E-state index >= 15 is 0 Å². The third-order valence-corrected chi connectivity index (χ3v) is 11.0. The number of carboxylic acids is 1. The molecule has 4 heterocycles. The summed E-state index contributed by atoms with van der Waals surface area (Å²) in [7, 11) is 1.38. The Morgan fingerprint density at radius 1 is 0.966 bits per heavy atom. The molecular weight excluding hydrogens is 788 g/mol. The molecule has 310 valence electrons. The van der Waals surface area contributed by atoms with Gasteiger partial charge in [-0.2, -0.15) is 0 Å². The second-order valence-corrected chi connectivity index (χ2v) is 15.1. The molecule has 2 fully saturated rings. The summed E-state index contributed by atoms with van der Waals surface area (Å²) in [5, 5.41) is 13.3. The highest BCUT2D eigenvalue weighted by molar-refractivity contribution is 6.31. The van der Waals surface area contributed by atoms with Gasteiger partial charge >= 0.3 is 11.9 Å². The summed E-state index contributed by atoms with van der Waals surface area (Å²) < 4.78 is 11.1. The minimum Gasteiger partial charge on any atom is -0.491 e. The van der Waals surface area contributed by atoms with Crippen molar-refractivity contribution in [1.29, 1.82) is 0 Å². The lowest BCUT2D eigenvalue weighted by molar-refractivity contribution is -0.184. The van der Waals surface area contributed by atoms with Crippen molar-refractivity contribution in [3.8, 4) is 5.75 Å². The maximum absolute atomic E-state index is 14.3. The fraction of sp³-hybridized carbons (Fsp3) is 0.366. The van der Waals surface area contributed by atoms with Gasteiger partial charge in [-0.3, -0.25) is 38.4 Å². The van der Waals surface area contributed by atoms with Crippen LogP contribution < -0.4 is 20.7 Å². The van der Waals surface area contributed by atoms with Crippen molar-refractivity contribution in [3.05, 3.63) is 94.5 Å². The number of halogens is 1. The molecule has 2 saturated heterocycles. The zero-order chi connectivity index (χ0) is 42.6. The van der Waals surface area contributed by atoms with Crippen LogP contribution in [0.15, 0.2) is 72.8 Å². The number of nitrogens with two attached hydrogens (primary N) is 1. The van der Waals surface area contributed by atoms with E-state index in [9.17, 15) is 43.5 Å². The Morgan fingerprint density at radius 3 is 2.29 bits per heavy atom. The number of fused-ring (bicyclic) bond motifs is 11. The first kappa shape index (κ1) is 42.1. The highest BCUT2D eigenvalue weighted by atomic mass is 35.5. The third kappa shape index (κ3) is 8.99. The number of primary amides is 1. The fourth-order valence-corrected chi connectivity index (χ4v) is 7.63. The summed E-state index contributed by atoms with van der Waals surface area (Å²) in [5.41, 5.74) is 4.36. The molecule has 0 unspecified atom stereocenters. The predicted octanol–water partition coefficient (Wildman–Crippen LogP) is 1.96. The van der Waals surface area contributed by atoms with Gasteiger partial charge in [-0.15, -0.1) is 0 Å². The number of nitrogens with one attached hydrogen (secondary N) is 1. The lowest BCUT2D eigenvalue weighted by Gasteiger charge is -2.46. The van der Waals surface area contributed by atoms with E-state index in [0.717, 1.165) is 9.80 Å². The molecule has 3 aromatic carbocycles. The molecule has 2 bridgehead atoms. The second-order valence-electron chi connectivity index (χ2n) is 14.6. The molecule has 0 aromatic heterocycles. The minimum absolute atomic E-state index is 0.000228. The summed E-state index contributed by atoms with van der Waals surface area (Å²) >= 11 is 6.11. The van der Waals surface area contributed by atoms with E-state index in [2.05, 4.69) is 5.32 Å². The normalized spacial score (nSPS) is 20.9. The van der Waals surface area contributed by atoms with Gasteiger partial charge in [0.05, 0.1) is 12.6 Å². The van der Waals surface area contributed by atoms with Crippen LogP contribution in [-0.2, 0) is 28.7 Å². The van der Waals surface area contributed by atoms with E-state index in [-0.39, 0.29) is 49.4 Å². The summed E-state index contributed by atoms with van der Waals surface area (Å²) in [4.78, 5) is 112. The predicted molar refractivity (Wildman–Crippen MR) is 210 cm³/mol. The van der Waals surface area contributed by atoms with E-state index in [1.54, 1.807) is 30.3 Å². The van der Waals surface area contributed by atoms with Gasteiger partial charge in [0.1, 0.15) is 24.9 Å². The maximum atomic E-state index is 14.3. The van der Waals surface area contributed by atoms with Crippen molar-refractivity contribution in [2.24, 2.45) is 11.1 Å². The minimum atomic E-state index is -1.99. The van der Waals surface area contributed by atoms with Crippen molar-refractivity contribution < 1.29 is 52.9 Å². The quantitative estimate of drug-likeness (QED) is 0.220. The van der Waals surface area contributed by atoms with Crippen LogP contribution in [-0.4, -0.2) is 132 Å². The van der Waals surface area contributed by atoms with Crippen molar-refractivity contribution in [3.63, 3.8) is 0 Å². The van der Waals surface area contributed by atoms with Crippen molar-refractivity contribution in [1.82, 2.24) is 20.0 Å². The number of rotatable bonds is 8. The highest BCUT2D eigenvalue weighted by Crippen LogP contribution is 2.34. The highest BCUT2D eigenvalue weighted by Gasteiger charge is 2.59. The summed E-state index contributed by atoms with van der Waals surface area (Å²) in [6.07, 6.45) is -0.330. The molecule has 0 aliphatic carbocycles. The van der Waals surface area contributed by atoms with Gasteiger partial charge in [0.25, 0.3) is 11.8 Å². The number of esters is 1. The van der Waals surface area contributed by atoms with Gasteiger partial charge in [0, 0.05) is 66.5 Å². The second kappa shape index (κ2) is 17.6. The number of carboxylic acid groups (broad SMARTS) is 1. The first-order valence-corrected chi connectivity index (χ1v) is 19.2. The zero-order valence-electron chi connectivity index (χ0n) is 32.3. The molecule has 4 N–H and O–H groups in total. The van der Waals surface area contributed by atoms with Crippen LogP contribution in [0, 0.1) is 5.41 Å². The van der Waals surface area contributed by atoms with E-state index in [1.807, 2.05) is 0 Å². The van der Waals surface area contributed by atoms with Crippen LogP contribution in [0.5, 0.6) is 5.75 Å². The standard InChI is InChI=1S/C41H43ClN6O11/c1-3-58-40(57)41(39(55)56)22-46(23-41)38(54)32-15-16-33(49)48(29-11-7-24(8-12-29)35(43)51)20-34(50)47-19-28(44-36(52)26-5-4-6-27(42)17-26)18-30(47)21-59-31-13-9-25(10-14-31)37(53)45(32)2/h4-14,17,28,30,32H,3,15-16,18-23H2,1-2H3,(H2,43,51)(H,44,52)(H,55,56)/t28-,30+,32+/m1/s1. The van der Waals surface area contributed by atoms with Crippen LogP contribution in [0.25, 0.3) is 0 Å². The van der Waals surface area contributed by atoms with E-state index < -0.39 is 90.6 Å². The number of carbonyl (C=O) groups is 8. The van der Waals surface area contributed by atoms with Gasteiger partial charge in [-0.05, 0) is 86.5 Å². The number of benzene rings is 3. The molecule has 18 heteroatoms. The fourth-order valence-electron chi connectivity index (χ4n) is 7.44. The van der Waals surface area contributed by atoms with Gasteiger partial charge in [0.15, 0.2) is 5.41 Å². The molecule has 7 rings (SSSR count). The number of nitrogens with zero attached hydrogens (tertiary/aromatic N) is 4. The molecule has 4 aliphatic rings. The molecule has 59 heavy (non-hydrogen) atoms. The number of hydrogen-bond donors (Lipinski definition) is 3. The third-order valence-electron chi connectivity index (χ3n) is 10.8. The Hall–Kier alpha value is -6.49. The molecule has 0 radical (unpaired) electrons. The zero-order valence-corrected chi connectivity index (χ0v) is 33.1. The number of hydrogen-bond acceptors (Lipinski definition) is 10. The lowest BCUT2D eigenvalue weighted by Crippen LogP contribution is -2.68. The average Bonchev–Trinajstić information content (AvgIpc) is 3.60. The SMILES string of the molecule is CCOC(=O)C1(C(=O)O)CN(C(=O)[C@@H]2CCC(=O)N(c3ccc(C(N)=O)cc3)CC(=O)N3C[C@H](NC(=O)c4cccc(Cl)c4)C[C@H]3COc3ccc(cc3)C(=O)N2C)C1. The summed E-state index contributed by atoms with van der Waals surface area (Å²) in [5.74, 6) is -5.59. The monoisotopic (exact) mass is 830 g/mol. The Kier molecular flexibility index (Phi) is 12.5. The van der Waals surface area contributed by atoms with Gasteiger partial charge in [-0.25, -0.2) is 0 Å². The number of aliphatic carboxylic acids is 1. The Morgan fingerprint density at radius 2 is 1.66 bits per heavy atom. The molecule has 3 atom stereocenters. The maximum Gasteiger partial charge on any atom is 0.327 e. The van der Waals surface area contributed by atoms with Gasteiger partial charge in [0.2, 0.25) is 23.6 Å².